The van der Waals surface area contributed by atoms with Gasteiger partial charge in [-0.2, -0.15) is 0 Å². The number of nitrogens with one attached hydrogen (secondary N) is 1. The van der Waals surface area contributed by atoms with Crippen LogP contribution in [-0.4, -0.2) is 14.5 Å². The van der Waals surface area contributed by atoms with Crippen molar-refractivity contribution in [3.63, 3.8) is 0 Å². The first-order chi connectivity index (χ1) is 9.61. The van der Waals surface area contributed by atoms with Crippen molar-refractivity contribution in [2.45, 2.75) is 50.5 Å². The molecule has 0 spiro atoms. The molecule has 3 N–H and O–H groups in total. The van der Waals surface area contributed by atoms with E-state index >= 15 is 0 Å². The first-order valence-electron chi connectivity index (χ1n) is 6.88. The summed E-state index contributed by atoms with van der Waals surface area (Å²) in [5.74, 6) is 0. The van der Waals surface area contributed by atoms with Crippen molar-refractivity contribution >= 4 is 38.9 Å². The molecule has 1 aliphatic carbocycles. The largest absolute Gasteiger partial charge is 0.398 e. The minimum absolute atomic E-state index is 0.0450. The van der Waals surface area contributed by atoms with Crippen molar-refractivity contribution in [1.29, 1.82) is 0 Å². The van der Waals surface area contributed by atoms with Crippen molar-refractivity contribution in [3.05, 3.63) is 22.2 Å². The summed E-state index contributed by atoms with van der Waals surface area (Å²) in [6.07, 6.45) is 3.61. The maximum atomic E-state index is 12.5. The molecule has 1 aromatic rings. The summed E-state index contributed by atoms with van der Waals surface area (Å²) in [5.41, 5.74) is 6.11. The van der Waals surface area contributed by atoms with Gasteiger partial charge in [-0.1, -0.05) is 37.0 Å². The number of hydrogen-bond acceptors (Lipinski definition) is 3. The van der Waals surface area contributed by atoms with E-state index in [9.17, 15) is 8.42 Å². The summed E-state index contributed by atoms with van der Waals surface area (Å²) in [5, 5.41) is 0.361. The van der Waals surface area contributed by atoms with Crippen LogP contribution < -0.4 is 10.5 Å². The van der Waals surface area contributed by atoms with Gasteiger partial charge < -0.3 is 5.73 Å². The molecule has 0 unspecified atom stereocenters. The highest BCUT2D eigenvalue weighted by Crippen LogP contribution is 2.36. The Bertz CT molecular complexity index is 611. The second kappa shape index (κ2) is 5.95. The van der Waals surface area contributed by atoms with Gasteiger partial charge in [-0.05, 0) is 43.2 Å². The maximum Gasteiger partial charge on any atom is 0.244 e. The van der Waals surface area contributed by atoms with Crippen molar-refractivity contribution < 1.29 is 8.42 Å². The molecule has 0 aromatic heterocycles. The fraction of sp³-hybridized carbons (Fsp3) is 0.571. The van der Waals surface area contributed by atoms with Crippen molar-refractivity contribution in [2.24, 2.45) is 5.41 Å². The Labute approximate surface area is 136 Å². The summed E-state index contributed by atoms with van der Waals surface area (Å²) in [4.78, 5) is -0.0848. The lowest BCUT2D eigenvalue weighted by atomic mass is 9.76. The summed E-state index contributed by atoms with van der Waals surface area (Å²) >= 11 is 11.8. The lowest BCUT2D eigenvalue weighted by Crippen LogP contribution is -2.39. The van der Waals surface area contributed by atoms with Crippen LogP contribution in [0, 0.1) is 5.41 Å². The molecule has 2 rings (SSSR count). The second-order valence-electron chi connectivity index (χ2n) is 6.37. The zero-order chi connectivity index (χ0) is 15.8. The van der Waals surface area contributed by atoms with Gasteiger partial charge >= 0.3 is 0 Å². The molecule has 0 saturated heterocycles. The smallest absolute Gasteiger partial charge is 0.244 e. The molecule has 7 heteroatoms. The number of sulfonamides is 1. The molecule has 1 aromatic carbocycles. The molecule has 1 aliphatic rings. The summed E-state index contributed by atoms with van der Waals surface area (Å²) in [7, 11) is -3.74. The molecule has 21 heavy (non-hydrogen) atoms. The molecule has 1 saturated carbocycles. The Hall–Kier alpha value is -0.490. The van der Waals surface area contributed by atoms with Crippen LogP contribution in [0.4, 0.5) is 5.69 Å². The zero-order valence-electron chi connectivity index (χ0n) is 12.1. The molecule has 0 heterocycles. The highest BCUT2D eigenvalue weighted by atomic mass is 35.5. The van der Waals surface area contributed by atoms with Crippen LogP contribution in [0.15, 0.2) is 17.0 Å². The quantitative estimate of drug-likeness (QED) is 0.813. The van der Waals surface area contributed by atoms with Gasteiger partial charge in [0.2, 0.25) is 10.0 Å². The Morgan fingerprint density at radius 2 is 1.81 bits per heavy atom. The number of halogens is 2. The molecular weight excluding hydrogens is 331 g/mol. The lowest BCUT2D eigenvalue weighted by Gasteiger charge is -2.34. The van der Waals surface area contributed by atoms with E-state index in [0.29, 0.717) is 5.02 Å². The molecule has 0 atom stereocenters. The Morgan fingerprint density at radius 1 is 1.24 bits per heavy atom. The molecule has 0 aliphatic heterocycles. The molecule has 0 radical (unpaired) electrons. The molecule has 118 valence electrons. The summed E-state index contributed by atoms with van der Waals surface area (Å²) < 4.78 is 27.7. The fourth-order valence-electron chi connectivity index (χ4n) is 2.66. The van der Waals surface area contributed by atoms with E-state index in [1.54, 1.807) is 0 Å². The van der Waals surface area contributed by atoms with Gasteiger partial charge in [0, 0.05) is 11.1 Å². The van der Waals surface area contributed by atoms with Crippen LogP contribution in [0.3, 0.4) is 0 Å². The minimum atomic E-state index is -3.74. The van der Waals surface area contributed by atoms with E-state index in [4.69, 9.17) is 28.9 Å². The van der Waals surface area contributed by atoms with Crippen LogP contribution >= 0.6 is 23.2 Å². The molecular formula is C14H20Cl2N2O2S. The van der Waals surface area contributed by atoms with Gasteiger partial charge in [0.05, 0.1) is 10.7 Å². The number of rotatable bonds is 3. The van der Waals surface area contributed by atoms with E-state index in [2.05, 4.69) is 18.6 Å². The Kier molecular flexibility index (Phi) is 4.78. The van der Waals surface area contributed by atoms with Crippen LogP contribution in [0.2, 0.25) is 10.0 Å². The zero-order valence-corrected chi connectivity index (χ0v) is 14.4. The summed E-state index contributed by atoms with van der Waals surface area (Å²) in [6, 6.07) is 2.71. The predicted octanol–water partition coefficient (Wildman–Crippen LogP) is 3.82. The van der Waals surface area contributed by atoms with Gasteiger partial charge in [-0.25, -0.2) is 13.1 Å². The molecule has 0 amide bonds. The van der Waals surface area contributed by atoms with Gasteiger partial charge in [-0.15, -0.1) is 0 Å². The lowest BCUT2D eigenvalue weighted by molar-refractivity contribution is 0.218. The van der Waals surface area contributed by atoms with E-state index in [1.807, 2.05) is 0 Å². The van der Waals surface area contributed by atoms with Crippen molar-refractivity contribution in [1.82, 2.24) is 4.72 Å². The van der Waals surface area contributed by atoms with E-state index in [0.717, 1.165) is 25.7 Å². The highest BCUT2D eigenvalue weighted by molar-refractivity contribution is 7.89. The van der Waals surface area contributed by atoms with Crippen LogP contribution in [0.25, 0.3) is 0 Å². The van der Waals surface area contributed by atoms with Crippen LogP contribution in [-0.2, 0) is 10.0 Å². The number of hydrogen-bond donors (Lipinski definition) is 2. The third kappa shape index (κ3) is 4.03. The normalized spacial score (nSPS) is 19.6. The van der Waals surface area contributed by atoms with E-state index in [-0.39, 0.29) is 27.1 Å². The first-order valence-corrected chi connectivity index (χ1v) is 9.11. The molecule has 1 fully saturated rings. The van der Waals surface area contributed by atoms with Gasteiger partial charge in [-0.3, -0.25) is 0 Å². The van der Waals surface area contributed by atoms with Crippen LogP contribution in [0.1, 0.15) is 39.5 Å². The van der Waals surface area contributed by atoms with Gasteiger partial charge in [0.1, 0.15) is 4.90 Å². The van der Waals surface area contributed by atoms with E-state index in [1.165, 1.54) is 12.1 Å². The second-order valence-corrected chi connectivity index (χ2v) is 8.86. The fourth-order valence-corrected chi connectivity index (χ4v) is 4.95. The average molecular weight is 351 g/mol. The number of anilines is 1. The Balaban J connectivity index is 2.20. The first kappa shape index (κ1) is 16.9. The summed E-state index contributed by atoms with van der Waals surface area (Å²) in [6.45, 7) is 4.40. The van der Waals surface area contributed by atoms with Crippen molar-refractivity contribution in [3.8, 4) is 0 Å². The maximum absolute atomic E-state index is 12.5. The number of nitrogen functional groups attached to an aromatic ring is 1. The van der Waals surface area contributed by atoms with E-state index < -0.39 is 10.0 Å². The minimum Gasteiger partial charge on any atom is -0.398 e. The predicted molar refractivity (Wildman–Crippen MR) is 87.2 cm³/mol. The molecule has 4 nitrogen and oxygen atoms in total. The molecule has 0 bridgehead atoms. The SMILES string of the molecule is CC1(C)CCC(NS(=O)(=O)c2c(N)cc(Cl)cc2Cl)CC1. The monoisotopic (exact) mass is 350 g/mol. The number of benzene rings is 1. The average Bonchev–Trinajstić information content (AvgIpc) is 2.30. The Morgan fingerprint density at radius 3 is 2.33 bits per heavy atom. The highest BCUT2D eigenvalue weighted by Gasteiger charge is 2.31. The third-order valence-electron chi connectivity index (χ3n) is 3.97. The standard InChI is InChI=1S/C14H20Cl2N2O2S/c1-14(2)5-3-10(4-6-14)18-21(19,20)13-11(16)7-9(15)8-12(13)17/h7-8,10,18H,3-6,17H2,1-2H3. The van der Waals surface area contributed by atoms with Gasteiger partial charge in [0.25, 0.3) is 0 Å². The third-order valence-corrected chi connectivity index (χ3v) is 6.23. The topological polar surface area (TPSA) is 72.2 Å². The van der Waals surface area contributed by atoms with Crippen molar-refractivity contribution in [2.75, 3.05) is 5.73 Å². The van der Waals surface area contributed by atoms with Crippen LogP contribution in [0.5, 0.6) is 0 Å². The van der Waals surface area contributed by atoms with Gasteiger partial charge in [0.15, 0.2) is 0 Å². The number of nitrogens with two attached hydrogens (primary N) is 1.